The molecule has 2 unspecified atom stereocenters. The fourth-order valence-corrected chi connectivity index (χ4v) is 0.696. The molecule has 1 rings (SSSR count). The van der Waals surface area contributed by atoms with E-state index in [1.165, 1.54) is 24.7 Å². The smallest absolute Gasteiger partial charge is 0.170 e. The Bertz CT molecular complexity index is 249. The molecule has 0 aliphatic rings. The molecule has 0 spiro atoms. The molecule has 2 atom stereocenters. The molecule has 1 aromatic rings. The van der Waals surface area contributed by atoms with Crippen LogP contribution in [-0.4, -0.2) is 16.3 Å². The summed E-state index contributed by atoms with van der Waals surface area (Å²) in [5.41, 5.74) is 0.402. The summed E-state index contributed by atoms with van der Waals surface area (Å²) in [5.74, 6) is 0. The van der Waals surface area contributed by atoms with Gasteiger partial charge in [-0.1, -0.05) is 0 Å². The van der Waals surface area contributed by atoms with Gasteiger partial charge in [-0.3, -0.25) is 0 Å². The Morgan fingerprint density at radius 1 is 1.55 bits per heavy atom. The van der Waals surface area contributed by atoms with Crippen molar-refractivity contribution in [1.82, 2.24) is 0 Å². The van der Waals surface area contributed by atoms with Crippen LogP contribution in [0.4, 0.5) is 0 Å². The maximum absolute atomic E-state index is 9.15. The Hall–Kier alpha value is -1.31. The van der Waals surface area contributed by atoms with Gasteiger partial charge in [-0.2, -0.15) is 5.26 Å². The molecule has 4 heteroatoms. The molecule has 0 bridgehead atoms. The van der Waals surface area contributed by atoms with Gasteiger partial charge in [0.25, 0.3) is 0 Å². The van der Waals surface area contributed by atoms with Crippen molar-refractivity contribution in [2.45, 2.75) is 12.2 Å². The summed E-state index contributed by atoms with van der Waals surface area (Å²) in [6, 6.07) is 3.01. The second kappa shape index (κ2) is 3.19. The molecule has 1 aromatic heterocycles. The average Bonchev–Trinajstić information content (AvgIpc) is 2.53. The second-order valence-electron chi connectivity index (χ2n) is 2.08. The van der Waals surface area contributed by atoms with Crippen LogP contribution in [0.25, 0.3) is 0 Å². The lowest BCUT2D eigenvalue weighted by atomic mass is 10.1. The first-order chi connectivity index (χ1) is 5.25. The highest BCUT2D eigenvalue weighted by molar-refractivity contribution is 5.13. The van der Waals surface area contributed by atoms with Gasteiger partial charge in [-0.25, -0.2) is 0 Å². The zero-order chi connectivity index (χ0) is 8.27. The lowest BCUT2D eigenvalue weighted by molar-refractivity contribution is 0.0524. The summed E-state index contributed by atoms with van der Waals surface area (Å²) in [5, 5.41) is 26.2. The van der Waals surface area contributed by atoms with E-state index >= 15 is 0 Å². The van der Waals surface area contributed by atoms with Gasteiger partial charge in [0.2, 0.25) is 0 Å². The van der Waals surface area contributed by atoms with Crippen LogP contribution < -0.4 is 0 Å². The first-order valence-corrected chi connectivity index (χ1v) is 3.03. The molecule has 2 N–H and O–H groups in total. The predicted molar refractivity (Wildman–Crippen MR) is 35.3 cm³/mol. The van der Waals surface area contributed by atoms with E-state index in [0.717, 1.165) is 0 Å². The molecule has 0 aromatic carbocycles. The number of aliphatic hydroxyl groups is 2. The van der Waals surface area contributed by atoms with E-state index in [0.29, 0.717) is 5.56 Å². The Kier molecular flexibility index (Phi) is 2.26. The molecule has 0 radical (unpaired) electrons. The third-order valence-corrected chi connectivity index (χ3v) is 1.32. The molecule has 1 heterocycles. The Morgan fingerprint density at radius 2 is 2.27 bits per heavy atom. The monoisotopic (exact) mass is 153 g/mol. The number of nitriles is 1. The number of aliphatic hydroxyl groups excluding tert-OH is 2. The summed E-state index contributed by atoms with van der Waals surface area (Å²) in [7, 11) is 0. The fourth-order valence-electron chi connectivity index (χ4n) is 0.696. The molecule has 0 amide bonds. The fraction of sp³-hybridized carbons (Fsp3) is 0.286. The molecule has 58 valence electrons. The maximum atomic E-state index is 9.15. The van der Waals surface area contributed by atoms with Gasteiger partial charge in [0.05, 0.1) is 18.6 Å². The van der Waals surface area contributed by atoms with E-state index in [1.54, 1.807) is 0 Å². The van der Waals surface area contributed by atoms with Gasteiger partial charge >= 0.3 is 0 Å². The van der Waals surface area contributed by atoms with Gasteiger partial charge in [0.15, 0.2) is 6.10 Å². The molecule has 4 nitrogen and oxygen atoms in total. The van der Waals surface area contributed by atoms with Gasteiger partial charge in [-0.05, 0) is 6.07 Å². The Labute approximate surface area is 63.3 Å². The SMILES string of the molecule is N#CC(O)C(O)c1ccoc1. The highest BCUT2D eigenvalue weighted by atomic mass is 16.3. The number of nitrogens with zero attached hydrogens (tertiary/aromatic N) is 1. The highest BCUT2D eigenvalue weighted by Crippen LogP contribution is 2.16. The van der Waals surface area contributed by atoms with Crippen LogP contribution in [0, 0.1) is 11.3 Å². The van der Waals surface area contributed by atoms with E-state index in [2.05, 4.69) is 4.42 Å². The molecular weight excluding hydrogens is 146 g/mol. The van der Waals surface area contributed by atoms with Gasteiger partial charge in [-0.15, -0.1) is 0 Å². The zero-order valence-electron chi connectivity index (χ0n) is 5.64. The lowest BCUT2D eigenvalue weighted by Crippen LogP contribution is -2.14. The second-order valence-corrected chi connectivity index (χ2v) is 2.08. The minimum Gasteiger partial charge on any atom is -0.472 e. The molecule has 0 aliphatic heterocycles. The van der Waals surface area contributed by atoms with Crippen molar-refractivity contribution >= 4 is 0 Å². The molecule has 0 saturated carbocycles. The van der Waals surface area contributed by atoms with Gasteiger partial charge < -0.3 is 14.6 Å². The third kappa shape index (κ3) is 1.58. The predicted octanol–water partition coefficient (Wildman–Crippen LogP) is 0.197. The van der Waals surface area contributed by atoms with E-state index in [-0.39, 0.29) is 0 Å². The topological polar surface area (TPSA) is 77.4 Å². The van der Waals surface area contributed by atoms with Crippen LogP contribution in [0.2, 0.25) is 0 Å². The van der Waals surface area contributed by atoms with Crippen molar-refractivity contribution in [3.8, 4) is 6.07 Å². The number of hydrogen-bond acceptors (Lipinski definition) is 4. The molecular formula is C7H7NO3. The van der Waals surface area contributed by atoms with E-state index in [4.69, 9.17) is 15.5 Å². The van der Waals surface area contributed by atoms with Crippen LogP contribution in [0.5, 0.6) is 0 Å². The maximum Gasteiger partial charge on any atom is 0.170 e. The summed E-state index contributed by atoms with van der Waals surface area (Å²) in [6.07, 6.45) is 0.0692. The normalized spacial score (nSPS) is 15.4. The number of hydrogen-bond donors (Lipinski definition) is 2. The molecule has 0 fully saturated rings. The van der Waals surface area contributed by atoms with Crippen molar-refractivity contribution in [1.29, 1.82) is 5.26 Å². The summed E-state index contributed by atoms with van der Waals surface area (Å²) in [4.78, 5) is 0. The lowest BCUT2D eigenvalue weighted by Gasteiger charge is -2.07. The van der Waals surface area contributed by atoms with E-state index in [1.807, 2.05) is 0 Å². The van der Waals surface area contributed by atoms with Crippen LogP contribution in [0.15, 0.2) is 23.0 Å². The first kappa shape index (κ1) is 7.79. The van der Waals surface area contributed by atoms with Crippen LogP contribution in [0.3, 0.4) is 0 Å². The first-order valence-electron chi connectivity index (χ1n) is 3.03. The zero-order valence-corrected chi connectivity index (χ0v) is 5.64. The standard InChI is InChI=1S/C7H7NO3/c8-3-6(9)7(10)5-1-2-11-4-5/h1-2,4,6-7,9-10H. The number of rotatable bonds is 2. The van der Waals surface area contributed by atoms with Crippen molar-refractivity contribution in [3.63, 3.8) is 0 Å². The summed E-state index contributed by atoms with van der Waals surface area (Å²) < 4.78 is 4.65. The minimum absolute atomic E-state index is 0.402. The summed E-state index contributed by atoms with van der Waals surface area (Å²) >= 11 is 0. The van der Waals surface area contributed by atoms with Crippen LogP contribution in [-0.2, 0) is 0 Å². The van der Waals surface area contributed by atoms with Crippen molar-refractivity contribution in [2.24, 2.45) is 0 Å². The third-order valence-electron chi connectivity index (χ3n) is 1.32. The average molecular weight is 153 g/mol. The van der Waals surface area contributed by atoms with Crippen molar-refractivity contribution in [3.05, 3.63) is 24.2 Å². The van der Waals surface area contributed by atoms with Gasteiger partial charge in [0, 0.05) is 5.56 Å². The Morgan fingerprint density at radius 3 is 2.73 bits per heavy atom. The van der Waals surface area contributed by atoms with Crippen molar-refractivity contribution < 1.29 is 14.6 Å². The van der Waals surface area contributed by atoms with Crippen LogP contribution in [0.1, 0.15) is 11.7 Å². The quantitative estimate of drug-likeness (QED) is 0.595. The van der Waals surface area contributed by atoms with Crippen LogP contribution >= 0.6 is 0 Å². The molecule has 11 heavy (non-hydrogen) atoms. The van der Waals surface area contributed by atoms with Crippen molar-refractivity contribution in [2.75, 3.05) is 0 Å². The van der Waals surface area contributed by atoms with E-state index in [9.17, 15) is 0 Å². The minimum atomic E-state index is -1.40. The van der Waals surface area contributed by atoms with E-state index < -0.39 is 12.2 Å². The Balaban J connectivity index is 2.71. The largest absolute Gasteiger partial charge is 0.472 e. The number of furan rings is 1. The molecule has 0 saturated heterocycles. The highest BCUT2D eigenvalue weighted by Gasteiger charge is 2.17. The molecule has 0 aliphatic carbocycles. The summed E-state index contributed by atoms with van der Waals surface area (Å²) in [6.45, 7) is 0. The van der Waals surface area contributed by atoms with Gasteiger partial charge in [0.1, 0.15) is 6.10 Å².